The average molecular weight is 342 g/mol. The van der Waals surface area contributed by atoms with Crippen LogP contribution in [0.2, 0.25) is 0 Å². The molecule has 0 aromatic heterocycles. The smallest absolute Gasteiger partial charge is 0.240 e. The number of carbonyl (C=O) groups is 2. The van der Waals surface area contributed by atoms with Gasteiger partial charge in [0, 0.05) is 13.0 Å². The lowest BCUT2D eigenvalue weighted by Gasteiger charge is -2.33. The fourth-order valence-electron chi connectivity index (χ4n) is 4.32. The van der Waals surface area contributed by atoms with Crippen molar-refractivity contribution in [3.63, 3.8) is 0 Å². The summed E-state index contributed by atoms with van der Waals surface area (Å²) in [5, 5.41) is 3.37. The molecule has 1 atom stereocenters. The standard InChI is InChI=1S/C21H30N2O2/c1-3-11-22-12-4-5-13-23-19(24)15-21(20(23)25)10-6-7-17-9-8-16(2)14-18(17)21/h8-9,14,22H,3-7,10-13,15H2,1-2H3. The Morgan fingerprint density at radius 3 is 2.84 bits per heavy atom. The van der Waals surface area contributed by atoms with E-state index >= 15 is 0 Å². The Labute approximate surface area is 151 Å². The zero-order chi connectivity index (χ0) is 17.9. The van der Waals surface area contributed by atoms with E-state index in [1.165, 1.54) is 16.0 Å². The van der Waals surface area contributed by atoms with Crippen molar-refractivity contribution in [3.05, 3.63) is 34.9 Å². The Hall–Kier alpha value is -1.68. The van der Waals surface area contributed by atoms with E-state index in [2.05, 4.69) is 37.4 Å². The maximum absolute atomic E-state index is 13.2. The monoisotopic (exact) mass is 342 g/mol. The number of carbonyl (C=O) groups excluding carboxylic acids is 2. The van der Waals surface area contributed by atoms with Gasteiger partial charge in [-0.1, -0.05) is 30.7 Å². The topological polar surface area (TPSA) is 49.4 Å². The summed E-state index contributed by atoms with van der Waals surface area (Å²) in [6, 6.07) is 6.39. The first-order valence-electron chi connectivity index (χ1n) is 9.74. The van der Waals surface area contributed by atoms with Crippen molar-refractivity contribution in [2.45, 2.75) is 64.2 Å². The first-order chi connectivity index (χ1) is 12.1. The molecule has 4 nitrogen and oxygen atoms in total. The molecule has 4 heteroatoms. The van der Waals surface area contributed by atoms with Gasteiger partial charge in [-0.05, 0) is 69.7 Å². The summed E-state index contributed by atoms with van der Waals surface area (Å²) in [5.74, 6) is 0.0615. The van der Waals surface area contributed by atoms with Crippen molar-refractivity contribution in [1.82, 2.24) is 10.2 Å². The molecule has 25 heavy (non-hydrogen) atoms. The molecule has 1 fully saturated rings. The third-order valence-electron chi connectivity index (χ3n) is 5.65. The van der Waals surface area contributed by atoms with E-state index < -0.39 is 5.41 Å². The Bertz CT molecular complexity index is 655. The number of aryl methyl sites for hydroxylation is 2. The number of unbranched alkanes of at least 4 members (excludes halogenated alkanes) is 1. The number of hydrogen-bond acceptors (Lipinski definition) is 3. The van der Waals surface area contributed by atoms with Gasteiger partial charge in [0.2, 0.25) is 11.8 Å². The molecule has 1 spiro atoms. The van der Waals surface area contributed by atoms with Crippen LogP contribution >= 0.6 is 0 Å². The minimum absolute atomic E-state index is 0.0147. The van der Waals surface area contributed by atoms with E-state index in [4.69, 9.17) is 0 Å². The molecule has 1 unspecified atom stereocenters. The highest BCUT2D eigenvalue weighted by atomic mass is 16.2. The van der Waals surface area contributed by atoms with Gasteiger partial charge in [0.25, 0.3) is 0 Å². The third kappa shape index (κ3) is 3.50. The van der Waals surface area contributed by atoms with Gasteiger partial charge in [0.05, 0.1) is 5.41 Å². The molecule has 3 rings (SSSR count). The Balaban J connectivity index is 1.71. The summed E-state index contributed by atoms with van der Waals surface area (Å²) < 4.78 is 0. The van der Waals surface area contributed by atoms with Crippen LogP contribution in [-0.2, 0) is 21.4 Å². The minimum atomic E-state index is -0.586. The van der Waals surface area contributed by atoms with Crippen LogP contribution in [0.5, 0.6) is 0 Å². The molecule has 0 radical (unpaired) electrons. The van der Waals surface area contributed by atoms with Gasteiger partial charge >= 0.3 is 0 Å². The van der Waals surface area contributed by atoms with Crippen LogP contribution in [0.1, 0.15) is 62.1 Å². The highest BCUT2D eigenvalue weighted by Crippen LogP contribution is 2.45. The van der Waals surface area contributed by atoms with Gasteiger partial charge in [-0.15, -0.1) is 0 Å². The van der Waals surface area contributed by atoms with Gasteiger partial charge in [-0.2, -0.15) is 0 Å². The minimum Gasteiger partial charge on any atom is -0.317 e. The van der Waals surface area contributed by atoms with Crippen LogP contribution in [0.25, 0.3) is 0 Å². The summed E-state index contributed by atoms with van der Waals surface area (Å²) in [5.41, 5.74) is 2.95. The molecular weight excluding hydrogens is 312 g/mol. The van der Waals surface area contributed by atoms with Crippen LogP contribution in [0, 0.1) is 6.92 Å². The SMILES string of the molecule is CCCNCCCCN1C(=O)CC2(CCCc3ccc(C)cc32)C1=O. The number of imide groups is 1. The highest BCUT2D eigenvalue weighted by molar-refractivity contribution is 6.09. The lowest BCUT2D eigenvalue weighted by molar-refractivity contribution is -0.140. The van der Waals surface area contributed by atoms with E-state index in [0.29, 0.717) is 13.0 Å². The van der Waals surface area contributed by atoms with Gasteiger partial charge in [-0.3, -0.25) is 14.5 Å². The summed E-state index contributed by atoms with van der Waals surface area (Å²) >= 11 is 0. The molecule has 1 heterocycles. The Morgan fingerprint density at radius 1 is 1.20 bits per heavy atom. The molecular formula is C21H30N2O2. The molecule has 1 N–H and O–H groups in total. The molecule has 2 amide bonds. The number of likely N-dealkylation sites (tertiary alicyclic amines) is 1. The Kier molecular flexibility index (Phi) is 5.57. The molecule has 2 aliphatic rings. The van der Waals surface area contributed by atoms with Crippen molar-refractivity contribution in [2.24, 2.45) is 0 Å². The number of benzene rings is 1. The molecule has 0 bridgehead atoms. The maximum atomic E-state index is 13.2. The quantitative estimate of drug-likeness (QED) is 0.612. The molecule has 136 valence electrons. The maximum Gasteiger partial charge on any atom is 0.240 e. The van der Waals surface area contributed by atoms with Crippen molar-refractivity contribution < 1.29 is 9.59 Å². The fourth-order valence-corrected chi connectivity index (χ4v) is 4.32. The predicted molar refractivity (Wildman–Crippen MR) is 99.5 cm³/mol. The van der Waals surface area contributed by atoms with E-state index in [1.54, 1.807) is 0 Å². The van der Waals surface area contributed by atoms with E-state index in [-0.39, 0.29) is 11.8 Å². The zero-order valence-electron chi connectivity index (χ0n) is 15.6. The first kappa shape index (κ1) is 18.1. The lowest BCUT2D eigenvalue weighted by atomic mass is 9.68. The number of nitrogens with zero attached hydrogens (tertiary/aromatic N) is 1. The summed E-state index contributed by atoms with van der Waals surface area (Å²) in [4.78, 5) is 27.4. The number of nitrogens with one attached hydrogen (secondary N) is 1. The number of rotatable bonds is 7. The number of hydrogen-bond donors (Lipinski definition) is 1. The second-order valence-electron chi connectivity index (χ2n) is 7.58. The zero-order valence-corrected chi connectivity index (χ0v) is 15.6. The van der Waals surface area contributed by atoms with Crippen LogP contribution in [0.3, 0.4) is 0 Å². The summed E-state index contributed by atoms with van der Waals surface area (Å²) in [6.07, 6.45) is 6.18. The van der Waals surface area contributed by atoms with E-state index in [1.807, 2.05) is 0 Å². The second-order valence-corrected chi connectivity index (χ2v) is 7.58. The van der Waals surface area contributed by atoms with Crippen molar-refractivity contribution in [1.29, 1.82) is 0 Å². The molecule has 1 aliphatic carbocycles. The lowest BCUT2D eigenvalue weighted by Crippen LogP contribution is -2.41. The second kappa shape index (κ2) is 7.69. The predicted octanol–water partition coefficient (Wildman–Crippen LogP) is 3.11. The van der Waals surface area contributed by atoms with Crippen molar-refractivity contribution >= 4 is 11.8 Å². The molecule has 1 aromatic rings. The van der Waals surface area contributed by atoms with Crippen molar-refractivity contribution in [3.8, 4) is 0 Å². The van der Waals surface area contributed by atoms with Gasteiger partial charge in [0.1, 0.15) is 0 Å². The van der Waals surface area contributed by atoms with Crippen LogP contribution < -0.4 is 5.32 Å². The first-order valence-corrected chi connectivity index (χ1v) is 9.74. The molecule has 1 saturated heterocycles. The van der Waals surface area contributed by atoms with Gasteiger partial charge in [-0.25, -0.2) is 0 Å². The van der Waals surface area contributed by atoms with E-state index in [9.17, 15) is 9.59 Å². The highest BCUT2D eigenvalue weighted by Gasteiger charge is 2.53. The van der Waals surface area contributed by atoms with Crippen LogP contribution in [-0.4, -0.2) is 36.3 Å². The fraction of sp³-hybridized carbons (Fsp3) is 0.619. The third-order valence-corrected chi connectivity index (χ3v) is 5.65. The van der Waals surface area contributed by atoms with Crippen LogP contribution in [0.15, 0.2) is 18.2 Å². The number of amides is 2. The van der Waals surface area contributed by atoms with Gasteiger partial charge in [0.15, 0.2) is 0 Å². The van der Waals surface area contributed by atoms with Crippen molar-refractivity contribution in [2.75, 3.05) is 19.6 Å². The summed E-state index contributed by atoms with van der Waals surface area (Å²) in [7, 11) is 0. The average Bonchev–Trinajstić information content (AvgIpc) is 2.83. The molecule has 1 aromatic carbocycles. The largest absolute Gasteiger partial charge is 0.317 e. The molecule has 0 saturated carbocycles. The van der Waals surface area contributed by atoms with E-state index in [0.717, 1.165) is 57.2 Å². The Morgan fingerprint density at radius 2 is 2.04 bits per heavy atom. The van der Waals surface area contributed by atoms with Gasteiger partial charge < -0.3 is 5.32 Å². The normalized spacial score (nSPS) is 22.7. The van der Waals surface area contributed by atoms with Crippen LogP contribution in [0.4, 0.5) is 0 Å². The number of fused-ring (bicyclic) bond motifs is 2. The molecule has 1 aliphatic heterocycles. The summed E-state index contributed by atoms with van der Waals surface area (Å²) in [6.45, 7) is 6.76.